The number of anilines is 1. The van der Waals surface area contributed by atoms with Gasteiger partial charge in [-0.25, -0.2) is 15.0 Å². The summed E-state index contributed by atoms with van der Waals surface area (Å²) in [5.41, 5.74) is 3.87. The van der Waals surface area contributed by atoms with Crippen molar-refractivity contribution in [3.05, 3.63) is 35.8 Å². The quantitative estimate of drug-likeness (QED) is 0.758. The van der Waals surface area contributed by atoms with E-state index in [-0.39, 0.29) is 0 Å². The number of rotatable bonds is 3. The summed E-state index contributed by atoms with van der Waals surface area (Å²) in [6.45, 7) is 2.00. The first kappa shape index (κ1) is 15.6. The lowest BCUT2D eigenvalue weighted by Gasteiger charge is -2.22. The lowest BCUT2D eigenvalue weighted by atomic mass is 9.96. The number of fused-ring (bicyclic) bond motifs is 1. The van der Waals surface area contributed by atoms with Crippen molar-refractivity contribution in [3.8, 4) is 17.3 Å². The maximum atomic E-state index is 9.48. The van der Waals surface area contributed by atoms with Gasteiger partial charge in [0.15, 0.2) is 0 Å². The van der Waals surface area contributed by atoms with E-state index >= 15 is 0 Å². The second-order valence-electron chi connectivity index (χ2n) is 6.66. The molecule has 1 aliphatic carbocycles. The maximum absolute atomic E-state index is 9.48. The van der Waals surface area contributed by atoms with Crippen molar-refractivity contribution in [2.75, 3.05) is 5.32 Å². The molecule has 25 heavy (non-hydrogen) atoms. The van der Waals surface area contributed by atoms with Crippen molar-refractivity contribution in [3.63, 3.8) is 0 Å². The molecule has 0 atom stereocenters. The monoisotopic (exact) mass is 332 g/mol. The van der Waals surface area contributed by atoms with Crippen LogP contribution in [-0.4, -0.2) is 26.0 Å². The van der Waals surface area contributed by atoms with Crippen LogP contribution in [0.5, 0.6) is 0 Å². The summed E-state index contributed by atoms with van der Waals surface area (Å²) >= 11 is 0. The Bertz CT molecular complexity index is 946. The molecule has 0 amide bonds. The van der Waals surface area contributed by atoms with Crippen molar-refractivity contribution in [1.82, 2.24) is 19.9 Å². The molecule has 126 valence electrons. The summed E-state index contributed by atoms with van der Waals surface area (Å²) < 4.78 is 0. The van der Waals surface area contributed by atoms with Crippen molar-refractivity contribution < 1.29 is 0 Å². The molecule has 1 aliphatic rings. The van der Waals surface area contributed by atoms with Crippen LogP contribution in [0.15, 0.2) is 24.7 Å². The summed E-state index contributed by atoms with van der Waals surface area (Å²) in [6, 6.07) is 4.69. The van der Waals surface area contributed by atoms with E-state index in [2.05, 4.69) is 37.4 Å². The van der Waals surface area contributed by atoms with E-state index in [0.29, 0.717) is 23.2 Å². The number of aromatic nitrogens is 4. The zero-order valence-electron chi connectivity index (χ0n) is 14.2. The van der Waals surface area contributed by atoms with E-state index < -0.39 is 0 Å². The molecule has 0 spiro atoms. The summed E-state index contributed by atoms with van der Waals surface area (Å²) in [4.78, 5) is 16.6. The van der Waals surface area contributed by atoms with Gasteiger partial charge in [-0.15, -0.1) is 0 Å². The van der Waals surface area contributed by atoms with Gasteiger partial charge in [0, 0.05) is 29.4 Å². The molecular weight excluding hydrogens is 312 g/mol. The van der Waals surface area contributed by atoms with Crippen LogP contribution in [0.25, 0.3) is 22.3 Å². The molecule has 0 aliphatic heterocycles. The van der Waals surface area contributed by atoms with E-state index in [1.807, 2.05) is 19.3 Å². The normalized spacial score (nSPS) is 15.2. The third kappa shape index (κ3) is 3.05. The summed E-state index contributed by atoms with van der Waals surface area (Å²) in [6.07, 6.45) is 11.4. The number of aryl methyl sites for hydroxylation is 1. The van der Waals surface area contributed by atoms with E-state index in [1.165, 1.54) is 19.3 Å². The zero-order valence-corrected chi connectivity index (χ0v) is 14.2. The van der Waals surface area contributed by atoms with Gasteiger partial charge in [-0.05, 0) is 31.4 Å². The molecule has 1 saturated carbocycles. The fraction of sp³-hybridized carbons (Fsp3) is 0.368. The second-order valence-corrected chi connectivity index (χ2v) is 6.66. The van der Waals surface area contributed by atoms with Crippen LogP contribution >= 0.6 is 0 Å². The van der Waals surface area contributed by atoms with Crippen LogP contribution in [0.2, 0.25) is 0 Å². The van der Waals surface area contributed by atoms with Gasteiger partial charge in [-0.2, -0.15) is 5.26 Å². The predicted octanol–water partition coefficient (Wildman–Crippen LogP) is 3.94. The van der Waals surface area contributed by atoms with E-state index in [0.717, 1.165) is 35.0 Å². The minimum absolute atomic E-state index is 0.418. The highest BCUT2D eigenvalue weighted by Gasteiger charge is 2.17. The molecular formula is C19H20N6. The molecule has 4 rings (SSSR count). The van der Waals surface area contributed by atoms with E-state index in [9.17, 15) is 5.26 Å². The highest BCUT2D eigenvalue weighted by Crippen LogP contribution is 2.30. The Kier molecular flexibility index (Phi) is 4.06. The molecule has 3 aromatic heterocycles. The Balaban J connectivity index is 1.75. The minimum Gasteiger partial charge on any atom is -0.351 e. The van der Waals surface area contributed by atoms with Gasteiger partial charge in [0.25, 0.3) is 0 Å². The van der Waals surface area contributed by atoms with Crippen LogP contribution < -0.4 is 5.32 Å². The van der Waals surface area contributed by atoms with Gasteiger partial charge in [-0.3, -0.25) is 0 Å². The van der Waals surface area contributed by atoms with Gasteiger partial charge >= 0.3 is 0 Å². The third-order valence-electron chi connectivity index (χ3n) is 4.77. The van der Waals surface area contributed by atoms with Crippen molar-refractivity contribution >= 4 is 17.0 Å². The lowest BCUT2D eigenvalue weighted by molar-refractivity contribution is 0.461. The molecule has 0 saturated heterocycles. The first-order valence-corrected chi connectivity index (χ1v) is 8.72. The van der Waals surface area contributed by atoms with Crippen LogP contribution in [0.1, 0.15) is 43.2 Å². The average molecular weight is 332 g/mol. The van der Waals surface area contributed by atoms with Gasteiger partial charge in [0.1, 0.15) is 11.7 Å². The van der Waals surface area contributed by atoms with Crippen LogP contribution in [-0.2, 0) is 0 Å². The highest BCUT2D eigenvalue weighted by atomic mass is 15.1. The second kappa shape index (κ2) is 6.52. The molecule has 6 heteroatoms. The Hall–Kier alpha value is -2.94. The summed E-state index contributed by atoms with van der Waals surface area (Å²) in [5, 5.41) is 13.9. The Morgan fingerprint density at radius 1 is 1.20 bits per heavy atom. The number of nitrogens with one attached hydrogen (secondary N) is 2. The smallest absolute Gasteiger partial charge is 0.223 e. The molecule has 0 unspecified atom stereocenters. The van der Waals surface area contributed by atoms with Gasteiger partial charge in [-0.1, -0.05) is 19.3 Å². The van der Waals surface area contributed by atoms with Crippen LogP contribution in [0.4, 0.5) is 5.95 Å². The number of nitriles is 1. The van der Waals surface area contributed by atoms with Crippen molar-refractivity contribution in [2.24, 2.45) is 0 Å². The van der Waals surface area contributed by atoms with Crippen molar-refractivity contribution in [1.29, 1.82) is 5.26 Å². The van der Waals surface area contributed by atoms with Gasteiger partial charge < -0.3 is 10.3 Å². The maximum Gasteiger partial charge on any atom is 0.223 e. The molecule has 3 heterocycles. The fourth-order valence-corrected chi connectivity index (χ4v) is 3.47. The van der Waals surface area contributed by atoms with Crippen LogP contribution in [0.3, 0.4) is 0 Å². The molecule has 3 aromatic rings. The minimum atomic E-state index is 0.418. The first-order chi connectivity index (χ1) is 12.2. The SMILES string of the molecule is Cc1cnc2[nH]cc(-c3nc(NC4CCCCC4)ncc3C#N)c2c1. The highest BCUT2D eigenvalue weighted by molar-refractivity contribution is 5.94. The fourth-order valence-electron chi connectivity index (χ4n) is 3.47. The Morgan fingerprint density at radius 3 is 2.84 bits per heavy atom. The third-order valence-corrected chi connectivity index (χ3v) is 4.77. The van der Waals surface area contributed by atoms with Gasteiger partial charge in [0.05, 0.1) is 17.5 Å². The van der Waals surface area contributed by atoms with Gasteiger partial charge in [0.2, 0.25) is 5.95 Å². The molecule has 1 fully saturated rings. The number of aromatic amines is 1. The topological polar surface area (TPSA) is 90.3 Å². The largest absolute Gasteiger partial charge is 0.351 e. The number of hydrogen-bond acceptors (Lipinski definition) is 5. The Labute approximate surface area is 146 Å². The standard InChI is InChI=1S/C19H20N6/c1-12-7-15-16(11-22-18(15)21-9-12)17-13(8-20)10-23-19(25-17)24-14-5-3-2-4-6-14/h7,9-11,14H,2-6H2,1H3,(H,21,22)(H,23,24,25). The first-order valence-electron chi connectivity index (χ1n) is 8.72. The lowest BCUT2D eigenvalue weighted by Crippen LogP contribution is -2.23. The van der Waals surface area contributed by atoms with Crippen molar-refractivity contribution in [2.45, 2.75) is 45.1 Å². The number of H-pyrrole nitrogens is 1. The average Bonchev–Trinajstić information content (AvgIpc) is 3.05. The Morgan fingerprint density at radius 2 is 2.04 bits per heavy atom. The molecule has 0 radical (unpaired) electrons. The predicted molar refractivity (Wildman–Crippen MR) is 97.1 cm³/mol. The summed E-state index contributed by atoms with van der Waals surface area (Å²) in [5.74, 6) is 0.593. The number of nitrogens with zero attached hydrogens (tertiary/aromatic N) is 4. The van der Waals surface area contributed by atoms with E-state index in [4.69, 9.17) is 0 Å². The van der Waals surface area contributed by atoms with Crippen LogP contribution in [0, 0.1) is 18.3 Å². The summed E-state index contributed by atoms with van der Waals surface area (Å²) in [7, 11) is 0. The molecule has 0 bridgehead atoms. The molecule has 2 N–H and O–H groups in total. The van der Waals surface area contributed by atoms with E-state index in [1.54, 1.807) is 6.20 Å². The molecule has 0 aromatic carbocycles. The number of hydrogen-bond donors (Lipinski definition) is 2. The zero-order chi connectivity index (χ0) is 17.2. The molecule has 6 nitrogen and oxygen atoms in total. The number of pyridine rings is 1.